The molecule has 0 bridgehead atoms. The monoisotopic (exact) mass is 410 g/mol. The molecule has 0 radical (unpaired) electrons. The topological polar surface area (TPSA) is 72.8 Å². The van der Waals surface area contributed by atoms with Crippen LogP contribution in [-0.2, 0) is 9.53 Å². The molecule has 1 N–H and O–H groups in total. The van der Waals surface area contributed by atoms with E-state index in [4.69, 9.17) is 21.1 Å². The minimum absolute atomic E-state index is 0.0270. The van der Waals surface area contributed by atoms with Crippen molar-refractivity contribution in [2.75, 3.05) is 0 Å². The predicted octanol–water partition coefficient (Wildman–Crippen LogP) is 5.65. The summed E-state index contributed by atoms with van der Waals surface area (Å²) in [5.41, 5.74) is 0.266. The van der Waals surface area contributed by atoms with Gasteiger partial charge in [0.25, 0.3) is 0 Å². The molecule has 0 amide bonds. The number of benzene rings is 1. The van der Waals surface area contributed by atoms with Crippen LogP contribution in [0.15, 0.2) is 12.1 Å². The Balaban J connectivity index is 2.05. The summed E-state index contributed by atoms with van der Waals surface area (Å²) in [6.45, 7) is 9.49. The van der Waals surface area contributed by atoms with Crippen LogP contribution < -0.4 is 4.74 Å². The molecule has 0 heterocycles. The maximum absolute atomic E-state index is 12.5. The summed E-state index contributed by atoms with van der Waals surface area (Å²) in [5, 5.41) is 9.69. The Morgan fingerprint density at radius 1 is 1.14 bits per heavy atom. The average Bonchev–Trinajstić information content (AvgIpc) is 2.54. The van der Waals surface area contributed by atoms with Gasteiger partial charge in [0.1, 0.15) is 11.4 Å². The maximum Gasteiger partial charge on any atom is 0.336 e. The third kappa shape index (κ3) is 6.13. The summed E-state index contributed by atoms with van der Waals surface area (Å²) in [5.74, 6) is -0.498. The van der Waals surface area contributed by atoms with E-state index in [0.29, 0.717) is 16.3 Å². The van der Waals surface area contributed by atoms with E-state index in [1.54, 1.807) is 13.0 Å². The van der Waals surface area contributed by atoms with Crippen molar-refractivity contribution in [1.82, 2.24) is 0 Å². The van der Waals surface area contributed by atoms with Gasteiger partial charge in [-0.2, -0.15) is 0 Å². The van der Waals surface area contributed by atoms with Crippen LogP contribution in [0.3, 0.4) is 0 Å². The Bertz CT molecular complexity index is 722. The lowest BCUT2D eigenvalue weighted by Crippen LogP contribution is -2.33. The number of hydrogen-bond donors (Lipinski definition) is 1. The lowest BCUT2D eigenvalue weighted by atomic mass is 9.82. The molecule has 1 saturated carbocycles. The number of hydrogen-bond acceptors (Lipinski definition) is 4. The summed E-state index contributed by atoms with van der Waals surface area (Å²) in [7, 11) is 0. The molecule has 1 aromatic carbocycles. The quantitative estimate of drug-likeness (QED) is 0.649. The number of halogens is 1. The first-order valence-corrected chi connectivity index (χ1v) is 10.3. The smallest absolute Gasteiger partial charge is 0.336 e. The lowest BCUT2D eigenvalue weighted by molar-refractivity contribution is -0.162. The molecular formula is C22H31ClO5. The molecule has 1 fully saturated rings. The second-order valence-corrected chi connectivity index (χ2v) is 9.18. The molecule has 1 aliphatic rings. The molecule has 0 saturated heterocycles. The van der Waals surface area contributed by atoms with E-state index in [1.807, 2.05) is 20.8 Å². The van der Waals surface area contributed by atoms with Gasteiger partial charge in [0.2, 0.25) is 0 Å². The van der Waals surface area contributed by atoms with E-state index in [9.17, 15) is 14.7 Å². The van der Waals surface area contributed by atoms with Crippen LogP contribution >= 0.6 is 11.6 Å². The van der Waals surface area contributed by atoms with Crippen molar-refractivity contribution in [3.05, 3.63) is 28.3 Å². The van der Waals surface area contributed by atoms with Crippen LogP contribution in [0.5, 0.6) is 5.75 Å². The molecule has 0 aromatic heterocycles. The number of carboxylic acids is 1. The number of ether oxygens (including phenoxy) is 2. The number of esters is 1. The number of carbonyl (C=O) groups is 2. The zero-order valence-corrected chi connectivity index (χ0v) is 18.1. The number of carboxylic acid groups (broad SMARTS) is 1. The van der Waals surface area contributed by atoms with Crippen molar-refractivity contribution in [2.45, 2.75) is 78.4 Å². The van der Waals surface area contributed by atoms with Crippen molar-refractivity contribution in [3.8, 4) is 5.75 Å². The molecular weight excluding hydrogens is 380 g/mol. The van der Waals surface area contributed by atoms with Crippen molar-refractivity contribution >= 4 is 23.5 Å². The van der Waals surface area contributed by atoms with Gasteiger partial charge in [0.15, 0.2) is 0 Å². The summed E-state index contributed by atoms with van der Waals surface area (Å²) in [6, 6.07) is 3.12. The molecule has 0 aliphatic heterocycles. The molecule has 1 aliphatic carbocycles. The molecule has 6 heteroatoms. The largest absolute Gasteiger partial charge is 0.490 e. The Morgan fingerprint density at radius 3 is 2.43 bits per heavy atom. The van der Waals surface area contributed by atoms with Crippen molar-refractivity contribution in [1.29, 1.82) is 0 Å². The second kappa shape index (κ2) is 9.17. The van der Waals surface area contributed by atoms with Crippen LogP contribution in [0.2, 0.25) is 5.02 Å². The third-order valence-electron chi connectivity index (χ3n) is 5.23. The van der Waals surface area contributed by atoms with Gasteiger partial charge in [-0.15, -0.1) is 0 Å². The summed E-state index contributed by atoms with van der Waals surface area (Å²) in [4.78, 5) is 23.9. The summed E-state index contributed by atoms with van der Waals surface area (Å²) < 4.78 is 11.7. The fourth-order valence-electron chi connectivity index (χ4n) is 3.67. The number of rotatable bonds is 4. The molecule has 3 unspecified atom stereocenters. The van der Waals surface area contributed by atoms with Gasteiger partial charge < -0.3 is 14.6 Å². The van der Waals surface area contributed by atoms with E-state index < -0.39 is 11.6 Å². The highest BCUT2D eigenvalue weighted by molar-refractivity contribution is 6.31. The van der Waals surface area contributed by atoms with Gasteiger partial charge in [-0.25, -0.2) is 4.79 Å². The number of aromatic carboxylic acids is 1. The van der Waals surface area contributed by atoms with Crippen LogP contribution in [0.1, 0.15) is 75.7 Å². The van der Waals surface area contributed by atoms with Crippen LogP contribution in [0.4, 0.5) is 0 Å². The Labute approximate surface area is 172 Å². The molecule has 0 spiro atoms. The normalized spacial score (nSPS) is 23.4. The summed E-state index contributed by atoms with van der Waals surface area (Å²) >= 11 is 6.08. The first kappa shape index (κ1) is 22.5. The summed E-state index contributed by atoms with van der Waals surface area (Å²) in [6.07, 6.45) is 4.05. The molecule has 2 rings (SSSR count). The minimum atomic E-state index is -1.02. The predicted molar refractivity (Wildman–Crippen MR) is 109 cm³/mol. The first-order chi connectivity index (χ1) is 13.0. The van der Waals surface area contributed by atoms with E-state index in [1.165, 1.54) is 6.07 Å². The second-order valence-electron chi connectivity index (χ2n) is 8.75. The molecule has 1 aromatic rings. The zero-order chi connectivity index (χ0) is 21.1. The maximum atomic E-state index is 12.5. The van der Waals surface area contributed by atoms with Crippen molar-refractivity contribution < 1.29 is 24.2 Å². The Morgan fingerprint density at radius 2 is 1.82 bits per heavy atom. The standard InChI is InChI=1S/C22H31ClO5/c1-13-9-10-16(7-6-8-17(13)21(26)28-22(3,4)5)27-19-12-15(23)11-18(14(19)2)20(24)25/h11-13,16-17H,6-10H2,1-5H3,(H,24,25). The number of carbonyl (C=O) groups excluding carboxylic acids is 1. The van der Waals surface area contributed by atoms with E-state index >= 15 is 0 Å². The Kier molecular flexibility index (Phi) is 7.38. The van der Waals surface area contributed by atoms with Gasteiger partial charge in [0.05, 0.1) is 17.6 Å². The lowest BCUT2D eigenvalue weighted by Gasteiger charge is -2.31. The SMILES string of the molecule is Cc1c(OC2CCCC(C(=O)OC(C)(C)C)C(C)CC2)cc(Cl)cc1C(=O)O. The zero-order valence-electron chi connectivity index (χ0n) is 17.4. The molecule has 5 nitrogen and oxygen atoms in total. The van der Waals surface area contributed by atoms with E-state index in [-0.39, 0.29) is 29.5 Å². The molecule has 156 valence electrons. The van der Waals surface area contributed by atoms with Crippen molar-refractivity contribution in [3.63, 3.8) is 0 Å². The van der Waals surface area contributed by atoms with E-state index in [2.05, 4.69) is 6.92 Å². The van der Waals surface area contributed by atoms with Gasteiger partial charge in [-0.3, -0.25) is 4.79 Å². The highest BCUT2D eigenvalue weighted by Gasteiger charge is 2.32. The fourth-order valence-corrected chi connectivity index (χ4v) is 3.88. The van der Waals surface area contributed by atoms with Gasteiger partial charge in [0, 0.05) is 10.6 Å². The van der Waals surface area contributed by atoms with E-state index in [0.717, 1.165) is 32.1 Å². The fraction of sp³-hybridized carbons (Fsp3) is 0.636. The highest BCUT2D eigenvalue weighted by atomic mass is 35.5. The minimum Gasteiger partial charge on any atom is -0.490 e. The van der Waals surface area contributed by atoms with Crippen molar-refractivity contribution in [2.24, 2.45) is 11.8 Å². The molecule has 3 atom stereocenters. The first-order valence-electron chi connectivity index (χ1n) is 9.91. The highest BCUT2D eigenvalue weighted by Crippen LogP contribution is 2.33. The van der Waals surface area contributed by atoms with Crippen LogP contribution in [0.25, 0.3) is 0 Å². The Hall–Kier alpha value is -1.75. The third-order valence-corrected chi connectivity index (χ3v) is 5.45. The molecule has 28 heavy (non-hydrogen) atoms. The van der Waals surface area contributed by atoms with Gasteiger partial charge >= 0.3 is 11.9 Å². The van der Waals surface area contributed by atoms with Gasteiger partial charge in [-0.1, -0.05) is 18.5 Å². The van der Waals surface area contributed by atoms with Gasteiger partial charge in [-0.05, 0) is 77.8 Å². The van der Waals surface area contributed by atoms with Crippen LogP contribution in [-0.4, -0.2) is 28.8 Å². The van der Waals surface area contributed by atoms with Crippen LogP contribution in [0, 0.1) is 18.8 Å². The average molecular weight is 411 g/mol.